The van der Waals surface area contributed by atoms with Crippen LogP contribution < -0.4 is 15.6 Å². The van der Waals surface area contributed by atoms with Gasteiger partial charge in [0, 0.05) is 7.05 Å². The van der Waals surface area contributed by atoms with Crippen molar-refractivity contribution in [2.24, 2.45) is 0 Å². The third-order valence-corrected chi connectivity index (χ3v) is 1.59. The summed E-state index contributed by atoms with van der Waals surface area (Å²) in [6.45, 7) is 0. The lowest BCUT2D eigenvalue weighted by Gasteiger charge is -2.07. The van der Waals surface area contributed by atoms with Crippen molar-refractivity contribution in [1.82, 2.24) is 10.9 Å². The molecular formula is C9H12N2O2. The summed E-state index contributed by atoms with van der Waals surface area (Å²) in [5.41, 5.74) is 5.54. The van der Waals surface area contributed by atoms with Gasteiger partial charge >= 0.3 is 0 Å². The van der Waals surface area contributed by atoms with E-state index in [0.29, 0.717) is 11.3 Å². The van der Waals surface area contributed by atoms with E-state index in [0.717, 1.165) is 0 Å². The van der Waals surface area contributed by atoms with Crippen molar-refractivity contribution >= 4 is 5.91 Å². The van der Waals surface area contributed by atoms with Crippen LogP contribution in [0.2, 0.25) is 0 Å². The molecule has 4 heteroatoms. The number of hydrazine groups is 1. The maximum atomic E-state index is 11.4. The number of carbonyl (C=O) groups excluding carboxylic acids is 1. The van der Waals surface area contributed by atoms with Crippen molar-refractivity contribution in [1.29, 1.82) is 0 Å². The zero-order chi connectivity index (χ0) is 9.68. The van der Waals surface area contributed by atoms with Gasteiger partial charge in [0.2, 0.25) is 0 Å². The molecule has 0 saturated heterocycles. The summed E-state index contributed by atoms with van der Waals surface area (Å²) >= 11 is 0. The summed E-state index contributed by atoms with van der Waals surface area (Å²) in [7, 11) is 3.17. The first kappa shape index (κ1) is 9.54. The Morgan fingerprint density at radius 2 is 2.08 bits per heavy atom. The average molecular weight is 180 g/mol. The molecule has 1 amide bonds. The van der Waals surface area contributed by atoms with Crippen LogP contribution in [0.25, 0.3) is 0 Å². The van der Waals surface area contributed by atoms with E-state index in [1.165, 1.54) is 7.11 Å². The topological polar surface area (TPSA) is 50.4 Å². The Labute approximate surface area is 76.9 Å². The highest BCUT2D eigenvalue weighted by Gasteiger charge is 2.09. The fraction of sp³-hybridized carbons (Fsp3) is 0.222. The van der Waals surface area contributed by atoms with Gasteiger partial charge in [0.15, 0.2) is 0 Å². The number of ether oxygens (including phenoxy) is 1. The van der Waals surface area contributed by atoms with E-state index in [2.05, 4.69) is 10.9 Å². The predicted octanol–water partition coefficient (Wildman–Crippen LogP) is 0.559. The molecule has 70 valence electrons. The Morgan fingerprint density at radius 1 is 1.38 bits per heavy atom. The van der Waals surface area contributed by atoms with E-state index < -0.39 is 0 Å². The molecule has 0 heterocycles. The molecule has 0 unspecified atom stereocenters. The van der Waals surface area contributed by atoms with Gasteiger partial charge in [0.05, 0.1) is 12.7 Å². The SMILES string of the molecule is CNNC(=O)c1ccccc1OC. The van der Waals surface area contributed by atoms with Crippen LogP contribution in [0, 0.1) is 0 Å². The van der Waals surface area contributed by atoms with Crippen LogP contribution in [-0.2, 0) is 0 Å². The number of rotatable bonds is 3. The molecule has 0 aliphatic heterocycles. The van der Waals surface area contributed by atoms with Gasteiger partial charge in [-0.15, -0.1) is 0 Å². The molecule has 1 rings (SSSR count). The Hall–Kier alpha value is -1.55. The van der Waals surface area contributed by atoms with Crippen molar-refractivity contribution in [3.63, 3.8) is 0 Å². The first-order valence-corrected chi connectivity index (χ1v) is 3.89. The first-order chi connectivity index (χ1) is 6.29. The molecule has 0 aromatic heterocycles. The highest BCUT2D eigenvalue weighted by Crippen LogP contribution is 2.16. The third kappa shape index (κ3) is 2.19. The van der Waals surface area contributed by atoms with Gasteiger partial charge in [0.25, 0.3) is 5.91 Å². The van der Waals surface area contributed by atoms with E-state index in [1.54, 1.807) is 25.2 Å². The Bertz CT molecular complexity index is 299. The maximum absolute atomic E-state index is 11.4. The number of hydrogen-bond donors (Lipinski definition) is 2. The predicted molar refractivity (Wildman–Crippen MR) is 49.5 cm³/mol. The van der Waals surface area contributed by atoms with E-state index in [4.69, 9.17) is 4.74 Å². The van der Waals surface area contributed by atoms with Crippen molar-refractivity contribution in [2.75, 3.05) is 14.2 Å². The van der Waals surface area contributed by atoms with Crippen molar-refractivity contribution in [2.45, 2.75) is 0 Å². The van der Waals surface area contributed by atoms with Crippen LogP contribution in [0.1, 0.15) is 10.4 Å². The van der Waals surface area contributed by atoms with Crippen molar-refractivity contribution in [3.05, 3.63) is 29.8 Å². The third-order valence-electron chi connectivity index (χ3n) is 1.59. The number of benzene rings is 1. The highest BCUT2D eigenvalue weighted by atomic mass is 16.5. The molecule has 1 aromatic rings. The standard InChI is InChI=1S/C9H12N2O2/c1-10-11-9(12)7-5-3-4-6-8(7)13-2/h3-6,10H,1-2H3,(H,11,12). The summed E-state index contributed by atoms with van der Waals surface area (Å²) in [5.74, 6) is 0.357. The van der Waals surface area contributed by atoms with Gasteiger partial charge < -0.3 is 4.74 Å². The number of methoxy groups -OCH3 is 1. The monoisotopic (exact) mass is 180 g/mol. The Kier molecular flexibility index (Phi) is 3.28. The number of para-hydroxylation sites is 1. The fourth-order valence-corrected chi connectivity index (χ4v) is 1.01. The van der Waals surface area contributed by atoms with Crippen LogP contribution in [0.3, 0.4) is 0 Å². The second-order valence-corrected chi connectivity index (χ2v) is 2.40. The fourth-order valence-electron chi connectivity index (χ4n) is 1.01. The van der Waals surface area contributed by atoms with Gasteiger partial charge in [-0.2, -0.15) is 0 Å². The minimum Gasteiger partial charge on any atom is -0.496 e. The van der Waals surface area contributed by atoms with E-state index in [-0.39, 0.29) is 5.91 Å². The summed E-state index contributed by atoms with van der Waals surface area (Å²) in [5, 5.41) is 0. The molecule has 4 nitrogen and oxygen atoms in total. The molecule has 0 spiro atoms. The normalized spacial score (nSPS) is 9.38. The van der Waals surface area contributed by atoms with Gasteiger partial charge in [-0.25, -0.2) is 5.43 Å². The van der Waals surface area contributed by atoms with E-state index in [9.17, 15) is 4.79 Å². The molecule has 13 heavy (non-hydrogen) atoms. The second-order valence-electron chi connectivity index (χ2n) is 2.40. The minimum absolute atomic E-state index is 0.208. The molecule has 0 aliphatic rings. The molecule has 0 atom stereocenters. The lowest BCUT2D eigenvalue weighted by Crippen LogP contribution is -2.34. The van der Waals surface area contributed by atoms with E-state index >= 15 is 0 Å². The summed E-state index contributed by atoms with van der Waals surface area (Å²) in [6.07, 6.45) is 0. The van der Waals surface area contributed by atoms with Gasteiger partial charge in [0.1, 0.15) is 5.75 Å². The summed E-state index contributed by atoms with van der Waals surface area (Å²) in [4.78, 5) is 11.4. The van der Waals surface area contributed by atoms with E-state index in [1.807, 2.05) is 6.07 Å². The molecule has 0 bridgehead atoms. The Morgan fingerprint density at radius 3 is 2.69 bits per heavy atom. The quantitative estimate of drug-likeness (QED) is 0.668. The molecule has 0 aliphatic carbocycles. The molecule has 0 radical (unpaired) electrons. The largest absolute Gasteiger partial charge is 0.496 e. The van der Waals surface area contributed by atoms with Gasteiger partial charge in [-0.05, 0) is 12.1 Å². The number of amides is 1. The van der Waals surface area contributed by atoms with Crippen molar-refractivity contribution < 1.29 is 9.53 Å². The molecular weight excluding hydrogens is 168 g/mol. The first-order valence-electron chi connectivity index (χ1n) is 3.89. The number of nitrogens with one attached hydrogen (secondary N) is 2. The lowest BCUT2D eigenvalue weighted by molar-refractivity contribution is 0.0935. The Balaban J connectivity index is 2.92. The maximum Gasteiger partial charge on any atom is 0.269 e. The van der Waals surface area contributed by atoms with Crippen LogP contribution in [0.4, 0.5) is 0 Å². The molecule has 2 N–H and O–H groups in total. The molecule has 1 aromatic carbocycles. The summed E-state index contributed by atoms with van der Waals surface area (Å²) < 4.78 is 5.02. The smallest absolute Gasteiger partial charge is 0.269 e. The number of hydrogen-bond acceptors (Lipinski definition) is 3. The summed E-state index contributed by atoms with van der Waals surface area (Å²) in [6, 6.07) is 7.04. The number of carbonyl (C=O) groups is 1. The zero-order valence-corrected chi connectivity index (χ0v) is 7.63. The molecule has 0 fully saturated rings. The van der Waals surface area contributed by atoms with Crippen LogP contribution in [0.5, 0.6) is 5.75 Å². The lowest BCUT2D eigenvalue weighted by atomic mass is 10.2. The van der Waals surface area contributed by atoms with Crippen LogP contribution in [-0.4, -0.2) is 20.1 Å². The average Bonchev–Trinajstić information content (AvgIpc) is 2.18. The molecule has 0 saturated carbocycles. The van der Waals surface area contributed by atoms with Crippen molar-refractivity contribution in [3.8, 4) is 5.75 Å². The second kappa shape index (κ2) is 4.47. The van der Waals surface area contributed by atoms with Crippen LogP contribution >= 0.6 is 0 Å². The minimum atomic E-state index is -0.208. The van der Waals surface area contributed by atoms with Crippen LogP contribution in [0.15, 0.2) is 24.3 Å². The van der Waals surface area contributed by atoms with Gasteiger partial charge in [-0.1, -0.05) is 12.1 Å². The van der Waals surface area contributed by atoms with Gasteiger partial charge in [-0.3, -0.25) is 10.2 Å². The highest BCUT2D eigenvalue weighted by molar-refractivity contribution is 5.96. The zero-order valence-electron chi connectivity index (χ0n) is 7.63.